The van der Waals surface area contributed by atoms with Crippen molar-refractivity contribution in [1.29, 1.82) is 0 Å². The number of aromatic nitrogens is 2. The van der Waals surface area contributed by atoms with E-state index in [1.807, 2.05) is 18.3 Å². The third kappa shape index (κ3) is 3.75. The van der Waals surface area contributed by atoms with Crippen LogP contribution in [-0.2, 0) is 6.54 Å². The van der Waals surface area contributed by atoms with E-state index in [9.17, 15) is 0 Å². The molecule has 25 heavy (non-hydrogen) atoms. The van der Waals surface area contributed by atoms with Crippen LogP contribution in [-0.4, -0.2) is 33.9 Å². The molecule has 1 aliphatic rings. The highest BCUT2D eigenvalue weighted by Crippen LogP contribution is 2.32. The molecule has 0 aliphatic carbocycles. The second-order valence-corrected chi connectivity index (χ2v) is 7.45. The predicted molar refractivity (Wildman–Crippen MR) is 107 cm³/mol. The lowest BCUT2D eigenvalue weighted by atomic mass is 9.89. The summed E-state index contributed by atoms with van der Waals surface area (Å²) in [6.07, 6.45) is 4.07. The number of halogens is 2. The van der Waals surface area contributed by atoms with Crippen LogP contribution in [0.4, 0.5) is 0 Å². The lowest BCUT2D eigenvalue weighted by molar-refractivity contribution is 0.312. The van der Waals surface area contributed by atoms with Crippen LogP contribution >= 0.6 is 28.3 Å². The largest absolute Gasteiger partial charge is 0.330 e. The minimum Gasteiger partial charge on any atom is -0.330 e. The molecular weight excluding hydrogens is 400 g/mol. The van der Waals surface area contributed by atoms with E-state index in [-0.39, 0.29) is 12.4 Å². The van der Waals surface area contributed by atoms with E-state index in [0.29, 0.717) is 11.8 Å². The Labute approximate surface area is 162 Å². The van der Waals surface area contributed by atoms with Gasteiger partial charge >= 0.3 is 0 Å². The number of pyridine rings is 1. The van der Waals surface area contributed by atoms with E-state index in [4.69, 9.17) is 5.73 Å². The number of hydrogen-bond acceptors (Lipinski definition) is 3. The van der Waals surface area contributed by atoms with Gasteiger partial charge in [0.2, 0.25) is 0 Å². The maximum Gasteiger partial charge on any atom is 0.136 e. The summed E-state index contributed by atoms with van der Waals surface area (Å²) in [4.78, 5) is 7.01. The van der Waals surface area contributed by atoms with Crippen molar-refractivity contribution < 1.29 is 0 Å². The Morgan fingerprint density at radius 3 is 2.68 bits per heavy atom. The first-order valence-corrected chi connectivity index (χ1v) is 9.13. The fourth-order valence-corrected chi connectivity index (χ4v) is 4.09. The van der Waals surface area contributed by atoms with Crippen molar-refractivity contribution in [3.8, 4) is 0 Å². The molecule has 2 aromatic heterocycles. The molecule has 6 heteroatoms. The van der Waals surface area contributed by atoms with Crippen LogP contribution in [0.2, 0.25) is 0 Å². The van der Waals surface area contributed by atoms with Crippen LogP contribution in [0, 0.1) is 5.92 Å². The van der Waals surface area contributed by atoms with Crippen molar-refractivity contribution in [3.63, 3.8) is 0 Å². The van der Waals surface area contributed by atoms with Crippen molar-refractivity contribution in [2.45, 2.75) is 12.5 Å². The van der Waals surface area contributed by atoms with Crippen LogP contribution in [0.1, 0.15) is 17.2 Å². The van der Waals surface area contributed by atoms with E-state index in [0.717, 1.165) is 36.3 Å². The minimum absolute atomic E-state index is 0. The molecule has 4 rings (SSSR count). The van der Waals surface area contributed by atoms with Gasteiger partial charge in [-0.1, -0.05) is 30.3 Å². The summed E-state index contributed by atoms with van der Waals surface area (Å²) < 4.78 is 3.23. The molecule has 2 atom stereocenters. The number of rotatable bonds is 4. The Hall–Kier alpha value is -1.40. The Bertz CT molecular complexity index is 836. The van der Waals surface area contributed by atoms with Gasteiger partial charge in [0.15, 0.2) is 0 Å². The van der Waals surface area contributed by atoms with E-state index in [1.165, 1.54) is 11.3 Å². The molecule has 0 amide bonds. The van der Waals surface area contributed by atoms with Gasteiger partial charge in [0.1, 0.15) is 5.65 Å². The molecule has 1 fully saturated rings. The van der Waals surface area contributed by atoms with Crippen LogP contribution in [0.15, 0.2) is 59.3 Å². The molecule has 1 saturated heterocycles. The molecule has 0 unspecified atom stereocenters. The highest BCUT2D eigenvalue weighted by molar-refractivity contribution is 9.10. The third-order valence-corrected chi connectivity index (χ3v) is 5.45. The summed E-state index contributed by atoms with van der Waals surface area (Å²) in [5.41, 5.74) is 9.66. The highest BCUT2D eigenvalue weighted by Gasteiger charge is 2.33. The molecule has 132 valence electrons. The number of benzene rings is 1. The van der Waals surface area contributed by atoms with E-state index in [1.54, 1.807) is 0 Å². The quantitative estimate of drug-likeness (QED) is 0.699. The van der Waals surface area contributed by atoms with Gasteiger partial charge in [-0.15, -0.1) is 12.4 Å². The van der Waals surface area contributed by atoms with Crippen molar-refractivity contribution >= 4 is 34.0 Å². The van der Waals surface area contributed by atoms with Gasteiger partial charge in [0, 0.05) is 36.2 Å². The Morgan fingerprint density at radius 2 is 1.92 bits per heavy atom. The van der Waals surface area contributed by atoms with E-state index >= 15 is 0 Å². The molecular formula is C19H22BrClN4. The third-order valence-electron chi connectivity index (χ3n) is 4.98. The van der Waals surface area contributed by atoms with Gasteiger partial charge in [0.25, 0.3) is 0 Å². The van der Waals surface area contributed by atoms with Gasteiger partial charge < -0.3 is 10.1 Å². The second kappa shape index (κ2) is 7.87. The average molecular weight is 422 g/mol. The highest BCUT2D eigenvalue weighted by atomic mass is 79.9. The number of nitrogens with two attached hydrogens (primary N) is 1. The van der Waals surface area contributed by atoms with E-state index in [2.05, 4.69) is 66.7 Å². The summed E-state index contributed by atoms with van der Waals surface area (Å²) >= 11 is 3.55. The Kier molecular flexibility index (Phi) is 5.79. The predicted octanol–water partition coefficient (Wildman–Crippen LogP) is 3.69. The molecule has 3 aromatic rings. The smallest absolute Gasteiger partial charge is 0.136 e. The van der Waals surface area contributed by atoms with Crippen LogP contribution in [0.5, 0.6) is 0 Å². The molecule has 1 aliphatic heterocycles. The molecule has 0 radical (unpaired) electrons. The summed E-state index contributed by atoms with van der Waals surface area (Å²) in [5, 5.41) is 0. The summed E-state index contributed by atoms with van der Waals surface area (Å²) in [7, 11) is 0. The Balaban J connectivity index is 0.00000182. The first kappa shape index (κ1) is 18.4. The summed E-state index contributed by atoms with van der Waals surface area (Å²) in [6.45, 7) is 3.72. The van der Waals surface area contributed by atoms with E-state index < -0.39 is 0 Å². The standard InChI is InChI=1S/C19H21BrN4.ClH/c20-16-6-7-19-22-9-17(24(19)11-16)12-23-10-15(8-21)18(13-23)14-4-2-1-3-5-14;/h1-7,9,11,15,18H,8,10,12-13,21H2;1H/t15-,18+;/m1./s1. The maximum absolute atomic E-state index is 6.06. The fraction of sp³-hybridized carbons (Fsp3) is 0.316. The topological polar surface area (TPSA) is 46.6 Å². The van der Waals surface area contributed by atoms with Crippen LogP contribution in [0.3, 0.4) is 0 Å². The van der Waals surface area contributed by atoms with Crippen molar-refractivity contribution in [3.05, 3.63) is 70.6 Å². The molecule has 1 aromatic carbocycles. The van der Waals surface area contributed by atoms with Gasteiger partial charge in [-0.3, -0.25) is 4.90 Å². The maximum atomic E-state index is 6.06. The minimum atomic E-state index is 0. The molecule has 3 heterocycles. The van der Waals surface area contributed by atoms with Gasteiger partial charge in [-0.25, -0.2) is 4.98 Å². The number of hydrogen-bond donors (Lipinski definition) is 1. The molecule has 0 saturated carbocycles. The summed E-state index contributed by atoms with van der Waals surface area (Å²) in [6, 6.07) is 14.8. The van der Waals surface area contributed by atoms with Crippen LogP contribution in [0.25, 0.3) is 5.65 Å². The summed E-state index contributed by atoms with van der Waals surface area (Å²) in [5.74, 6) is 1.03. The van der Waals surface area contributed by atoms with Crippen LogP contribution < -0.4 is 5.73 Å². The van der Waals surface area contributed by atoms with Crippen molar-refractivity contribution in [2.24, 2.45) is 11.7 Å². The molecule has 2 N–H and O–H groups in total. The SMILES string of the molecule is Cl.NC[C@@H]1CN(Cc2cnc3ccc(Br)cn23)C[C@H]1c1ccccc1. The number of nitrogens with zero attached hydrogens (tertiary/aromatic N) is 3. The molecule has 0 bridgehead atoms. The molecule has 0 spiro atoms. The molecule has 4 nitrogen and oxygen atoms in total. The van der Waals surface area contributed by atoms with Gasteiger partial charge in [-0.05, 0) is 46.1 Å². The Morgan fingerprint density at radius 1 is 1.12 bits per heavy atom. The first-order chi connectivity index (χ1) is 11.7. The lowest BCUT2D eigenvalue weighted by Crippen LogP contribution is -2.23. The zero-order chi connectivity index (χ0) is 16.5. The first-order valence-electron chi connectivity index (χ1n) is 8.33. The van der Waals surface area contributed by atoms with Gasteiger partial charge in [0.05, 0.1) is 11.9 Å². The lowest BCUT2D eigenvalue weighted by Gasteiger charge is -2.16. The van der Waals surface area contributed by atoms with Crippen molar-refractivity contribution in [2.75, 3.05) is 19.6 Å². The fourth-order valence-electron chi connectivity index (χ4n) is 3.76. The number of imidazole rings is 1. The zero-order valence-corrected chi connectivity index (χ0v) is 16.3. The average Bonchev–Trinajstić information content (AvgIpc) is 3.20. The monoisotopic (exact) mass is 420 g/mol. The second-order valence-electron chi connectivity index (χ2n) is 6.53. The van der Waals surface area contributed by atoms with Crippen molar-refractivity contribution in [1.82, 2.24) is 14.3 Å². The number of likely N-dealkylation sites (tertiary alicyclic amines) is 1. The zero-order valence-electron chi connectivity index (χ0n) is 13.9. The normalized spacial score (nSPS) is 20.7. The van der Waals surface area contributed by atoms with Gasteiger partial charge in [-0.2, -0.15) is 0 Å². The number of fused-ring (bicyclic) bond motifs is 1.